The van der Waals surface area contributed by atoms with Gasteiger partial charge in [0.05, 0.1) is 11.0 Å². The molecule has 2 aromatic heterocycles. The van der Waals surface area contributed by atoms with E-state index in [0.717, 1.165) is 5.69 Å². The smallest absolute Gasteiger partial charge is 0.180 e. The molecular formula is C88H55NSSi. The number of nitrogens with zero attached hydrogens (tertiary/aromatic N) is 1. The van der Waals surface area contributed by atoms with Crippen LogP contribution in [0, 0.1) is 0 Å². The number of hydrogen-bond acceptors (Lipinski definition) is 1. The second-order valence-electron chi connectivity index (χ2n) is 24.6. The van der Waals surface area contributed by atoms with Gasteiger partial charge in [-0.05, 0) is 197 Å². The standard InChI is InChI=1S/C88H55NSSi/c1-3-19-67(20-4-1)91(68-21-5-2-6-22-68)87-54-63(62-42-48-86-82(51-62)75-29-15-16-30-85(75)90-86)39-44-76(87)77-45-43-66(55-88(77)91)89-83-46-40-60(56-31-35-58(36-32-56)78-52-64-17-7-9-23-69(64)71-25-11-13-27-73(71)78)49-80(83)81-50-61(41-47-84(81)89)57-33-37-59(38-34-57)79-53-65-18-8-10-24-70(65)72-26-12-14-28-74(72)79/h1-55H. The Kier molecular flexibility index (Phi) is 11.6. The topological polar surface area (TPSA) is 4.93 Å². The van der Waals surface area contributed by atoms with E-state index in [1.54, 1.807) is 0 Å². The Morgan fingerprint density at radius 2 is 0.604 bits per heavy atom. The van der Waals surface area contributed by atoms with Crippen LogP contribution in [-0.2, 0) is 0 Å². The van der Waals surface area contributed by atoms with Crippen molar-refractivity contribution >= 4 is 125 Å². The molecule has 0 fully saturated rings. The zero-order valence-electron chi connectivity index (χ0n) is 49.6. The molecule has 19 rings (SSSR count). The zero-order chi connectivity index (χ0) is 59.7. The van der Waals surface area contributed by atoms with Crippen molar-refractivity contribution in [1.29, 1.82) is 0 Å². The average Bonchev–Trinajstić information content (AvgIpc) is 1.55. The Morgan fingerprint density at radius 1 is 0.220 bits per heavy atom. The molecule has 18 aromatic rings. The van der Waals surface area contributed by atoms with E-state index in [1.807, 2.05) is 11.3 Å². The van der Waals surface area contributed by atoms with Crippen molar-refractivity contribution in [1.82, 2.24) is 4.57 Å². The molecule has 0 N–H and O–H groups in total. The molecule has 0 aliphatic carbocycles. The number of thiophene rings is 1. The van der Waals surface area contributed by atoms with E-state index in [-0.39, 0.29) is 0 Å². The summed E-state index contributed by atoms with van der Waals surface area (Å²) in [6.07, 6.45) is 0. The molecule has 1 nitrogen and oxygen atoms in total. The normalized spacial score (nSPS) is 12.7. The highest BCUT2D eigenvalue weighted by atomic mass is 32.1. The van der Waals surface area contributed by atoms with E-state index >= 15 is 0 Å². The summed E-state index contributed by atoms with van der Waals surface area (Å²) in [5.41, 5.74) is 18.3. The molecule has 0 atom stereocenters. The molecule has 3 heterocycles. The van der Waals surface area contributed by atoms with E-state index in [9.17, 15) is 0 Å². The minimum absolute atomic E-state index is 1.16. The number of fused-ring (bicyclic) bond motifs is 15. The monoisotopic (exact) mass is 1190 g/mol. The summed E-state index contributed by atoms with van der Waals surface area (Å²) < 4.78 is 5.19. The second kappa shape index (κ2) is 20.4. The van der Waals surface area contributed by atoms with Crippen molar-refractivity contribution in [2.24, 2.45) is 0 Å². The fourth-order valence-electron chi connectivity index (χ4n) is 15.6. The van der Waals surface area contributed by atoms with E-state index in [1.165, 1.54) is 173 Å². The molecule has 1 aliphatic heterocycles. The van der Waals surface area contributed by atoms with Crippen molar-refractivity contribution < 1.29 is 0 Å². The quantitative estimate of drug-likeness (QED) is 0.106. The predicted molar refractivity (Wildman–Crippen MR) is 393 cm³/mol. The summed E-state index contributed by atoms with van der Waals surface area (Å²) in [7, 11) is -2.99. The van der Waals surface area contributed by atoms with Gasteiger partial charge >= 0.3 is 0 Å². The molecule has 0 amide bonds. The highest BCUT2D eigenvalue weighted by molar-refractivity contribution is 7.25. The first-order valence-electron chi connectivity index (χ1n) is 31.5. The van der Waals surface area contributed by atoms with Crippen LogP contribution in [0.4, 0.5) is 0 Å². The first-order valence-corrected chi connectivity index (χ1v) is 34.3. The molecule has 16 aromatic carbocycles. The van der Waals surface area contributed by atoms with E-state index in [2.05, 4.69) is 338 Å². The Balaban J connectivity index is 0.786. The minimum atomic E-state index is -2.99. The van der Waals surface area contributed by atoms with Crippen LogP contribution in [0.2, 0.25) is 0 Å². The summed E-state index contributed by atoms with van der Waals surface area (Å²) in [4.78, 5) is 0. The lowest BCUT2D eigenvalue weighted by Crippen LogP contribution is -2.72. The van der Waals surface area contributed by atoms with Gasteiger partial charge in [0.2, 0.25) is 0 Å². The van der Waals surface area contributed by atoms with Gasteiger partial charge in [0.1, 0.15) is 0 Å². The SMILES string of the molecule is c1ccc([Si]2(c3ccccc3)c3cc(-c4ccc5sc6ccccc6c5c4)ccc3-c3ccc(-n4c5ccc(-c6ccc(-c7cc8ccccc8c8ccccc78)cc6)cc5c5cc(-c6ccc(-c7cc8ccccc8c8ccccc78)cc6)ccc54)cc32)cc1. The molecular weight excluding hydrogens is 1130 g/mol. The van der Waals surface area contributed by atoms with Crippen LogP contribution >= 0.6 is 11.3 Å². The van der Waals surface area contributed by atoms with E-state index in [4.69, 9.17) is 0 Å². The van der Waals surface area contributed by atoms with Crippen LogP contribution in [0.3, 0.4) is 0 Å². The van der Waals surface area contributed by atoms with E-state index in [0.29, 0.717) is 0 Å². The molecule has 1 aliphatic rings. The lowest BCUT2D eigenvalue weighted by Gasteiger charge is -2.32. The maximum absolute atomic E-state index is 2.99. The van der Waals surface area contributed by atoms with Crippen molar-refractivity contribution in [3.63, 3.8) is 0 Å². The third kappa shape index (κ3) is 8.01. The fraction of sp³-hybridized carbons (Fsp3) is 0. The van der Waals surface area contributed by atoms with Crippen molar-refractivity contribution in [3.05, 3.63) is 334 Å². The average molecular weight is 1190 g/mol. The molecule has 0 spiro atoms. The Hall–Kier alpha value is -11.2. The molecule has 3 heteroatoms. The van der Waals surface area contributed by atoms with Gasteiger partial charge in [-0.15, -0.1) is 11.3 Å². The van der Waals surface area contributed by atoms with Crippen molar-refractivity contribution in [2.45, 2.75) is 0 Å². The van der Waals surface area contributed by atoms with Gasteiger partial charge in [0, 0.05) is 36.6 Å². The first kappa shape index (κ1) is 51.8. The van der Waals surface area contributed by atoms with Gasteiger partial charge in [-0.3, -0.25) is 0 Å². The summed E-state index contributed by atoms with van der Waals surface area (Å²) >= 11 is 1.88. The Morgan fingerprint density at radius 3 is 1.16 bits per heavy atom. The number of hydrogen-bond donors (Lipinski definition) is 0. The molecule has 0 saturated carbocycles. The number of benzene rings is 16. The molecule has 0 unspecified atom stereocenters. The van der Waals surface area contributed by atoms with Gasteiger partial charge < -0.3 is 4.57 Å². The van der Waals surface area contributed by atoms with Crippen LogP contribution in [0.5, 0.6) is 0 Å². The van der Waals surface area contributed by atoms with Crippen molar-refractivity contribution in [3.8, 4) is 72.4 Å². The number of aromatic nitrogens is 1. The van der Waals surface area contributed by atoms with Crippen LogP contribution in [-0.4, -0.2) is 12.6 Å². The van der Waals surface area contributed by atoms with E-state index < -0.39 is 8.07 Å². The van der Waals surface area contributed by atoms with Gasteiger partial charge in [0.15, 0.2) is 8.07 Å². The molecule has 422 valence electrons. The highest BCUT2D eigenvalue weighted by Gasteiger charge is 2.49. The second-order valence-corrected chi connectivity index (χ2v) is 29.4. The molecule has 0 radical (unpaired) electrons. The maximum atomic E-state index is 2.58. The predicted octanol–water partition coefficient (Wildman–Crippen LogP) is 21.5. The Bertz CT molecular complexity index is 5740. The first-order chi connectivity index (χ1) is 45.1. The largest absolute Gasteiger partial charge is 0.309 e. The summed E-state index contributed by atoms with van der Waals surface area (Å²) in [5, 5.41) is 20.9. The summed E-state index contributed by atoms with van der Waals surface area (Å²) in [6.45, 7) is 0. The van der Waals surface area contributed by atoms with Crippen molar-refractivity contribution in [2.75, 3.05) is 0 Å². The third-order valence-electron chi connectivity index (χ3n) is 19.9. The van der Waals surface area contributed by atoms with Crippen LogP contribution in [0.25, 0.3) is 158 Å². The third-order valence-corrected chi connectivity index (χ3v) is 25.9. The maximum Gasteiger partial charge on any atom is 0.180 e. The minimum Gasteiger partial charge on any atom is -0.309 e. The Labute approximate surface area is 532 Å². The van der Waals surface area contributed by atoms with Gasteiger partial charge in [-0.1, -0.05) is 267 Å². The lowest BCUT2D eigenvalue weighted by atomic mass is 9.92. The molecule has 0 bridgehead atoms. The highest BCUT2D eigenvalue weighted by Crippen LogP contribution is 2.43. The van der Waals surface area contributed by atoms with Gasteiger partial charge in [-0.25, -0.2) is 0 Å². The number of rotatable bonds is 8. The fourth-order valence-corrected chi connectivity index (χ4v) is 22.0. The van der Waals surface area contributed by atoms with Crippen LogP contribution < -0.4 is 20.7 Å². The van der Waals surface area contributed by atoms with Gasteiger partial charge in [-0.2, -0.15) is 0 Å². The zero-order valence-corrected chi connectivity index (χ0v) is 51.4. The van der Waals surface area contributed by atoms with Crippen LogP contribution in [0.1, 0.15) is 0 Å². The summed E-state index contributed by atoms with van der Waals surface area (Å²) in [5.74, 6) is 0. The van der Waals surface area contributed by atoms with Crippen LogP contribution in [0.15, 0.2) is 334 Å². The summed E-state index contributed by atoms with van der Waals surface area (Å²) in [6, 6.07) is 126. The molecule has 91 heavy (non-hydrogen) atoms. The lowest BCUT2D eigenvalue weighted by molar-refractivity contribution is 1.18. The molecule has 0 saturated heterocycles. The van der Waals surface area contributed by atoms with Gasteiger partial charge in [0.25, 0.3) is 0 Å².